The molecule has 1 fully saturated rings. The first-order valence-electron chi connectivity index (χ1n) is 7.93. The second-order valence-corrected chi connectivity index (χ2v) is 7.71. The van der Waals surface area contributed by atoms with E-state index in [4.69, 9.17) is 0 Å². The summed E-state index contributed by atoms with van der Waals surface area (Å²) >= 11 is 0. The van der Waals surface area contributed by atoms with Crippen LogP contribution >= 0.6 is 0 Å². The van der Waals surface area contributed by atoms with E-state index in [2.05, 4.69) is 10.3 Å². The van der Waals surface area contributed by atoms with Gasteiger partial charge in [-0.25, -0.2) is 8.42 Å². The molecule has 0 radical (unpaired) electrons. The zero-order valence-electron chi connectivity index (χ0n) is 14.1. The molecular formula is C16H24N4O3S. The monoisotopic (exact) mass is 352 g/mol. The fourth-order valence-corrected chi connectivity index (χ4v) is 3.79. The minimum absolute atomic E-state index is 0.00342. The van der Waals surface area contributed by atoms with Crippen LogP contribution in [0.15, 0.2) is 40.2 Å². The van der Waals surface area contributed by atoms with Gasteiger partial charge in [-0.1, -0.05) is 18.2 Å². The average Bonchev–Trinajstić information content (AvgIpc) is 2.59. The summed E-state index contributed by atoms with van der Waals surface area (Å²) in [7, 11) is -1.63. The van der Waals surface area contributed by atoms with Crippen LogP contribution in [0.2, 0.25) is 0 Å². The summed E-state index contributed by atoms with van der Waals surface area (Å²) < 4.78 is 24.5. The third-order valence-electron chi connectivity index (χ3n) is 3.99. The number of sulfone groups is 1. The molecule has 7 nitrogen and oxygen atoms in total. The summed E-state index contributed by atoms with van der Waals surface area (Å²) in [6.07, 6.45) is 0. The molecule has 0 bridgehead atoms. The lowest BCUT2D eigenvalue weighted by atomic mass is 10.3. The van der Waals surface area contributed by atoms with Crippen molar-refractivity contribution in [3.8, 4) is 0 Å². The van der Waals surface area contributed by atoms with Crippen molar-refractivity contribution in [2.24, 2.45) is 4.99 Å². The summed E-state index contributed by atoms with van der Waals surface area (Å²) in [5.74, 6) is 0.747. The van der Waals surface area contributed by atoms with Gasteiger partial charge in [-0.3, -0.25) is 9.79 Å². The van der Waals surface area contributed by atoms with Gasteiger partial charge in [0, 0.05) is 46.7 Å². The summed E-state index contributed by atoms with van der Waals surface area (Å²) in [4.78, 5) is 19.7. The Labute approximate surface area is 143 Å². The largest absolute Gasteiger partial charge is 0.355 e. The van der Waals surface area contributed by atoms with Gasteiger partial charge < -0.3 is 15.1 Å². The Morgan fingerprint density at radius 2 is 1.71 bits per heavy atom. The van der Waals surface area contributed by atoms with Gasteiger partial charge in [-0.15, -0.1) is 0 Å². The number of aliphatic imine (C=N–C) groups is 1. The number of amides is 1. The number of carbonyl (C=O) groups is 1. The molecule has 1 N–H and O–H groups in total. The van der Waals surface area contributed by atoms with Crippen LogP contribution in [0.1, 0.15) is 6.92 Å². The second kappa shape index (κ2) is 8.14. The van der Waals surface area contributed by atoms with Crippen LogP contribution in [0, 0.1) is 0 Å². The number of guanidine groups is 1. The number of hydrogen-bond donors (Lipinski definition) is 1. The van der Waals surface area contributed by atoms with Gasteiger partial charge in [0.25, 0.3) is 0 Å². The van der Waals surface area contributed by atoms with Crippen molar-refractivity contribution in [1.29, 1.82) is 0 Å². The van der Waals surface area contributed by atoms with Crippen LogP contribution < -0.4 is 5.32 Å². The molecule has 0 aliphatic carbocycles. The molecule has 1 heterocycles. The van der Waals surface area contributed by atoms with Gasteiger partial charge in [-0.05, 0) is 12.1 Å². The number of benzene rings is 1. The Morgan fingerprint density at radius 1 is 1.12 bits per heavy atom. The predicted molar refractivity (Wildman–Crippen MR) is 93.7 cm³/mol. The van der Waals surface area contributed by atoms with Crippen LogP contribution in [0.5, 0.6) is 0 Å². The van der Waals surface area contributed by atoms with Gasteiger partial charge in [0.05, 0.1) is 10.6 Å². The molecule has 0 unspecified atom stereocenters. The first kappa shape index (κ1) is 18.3. The number of piperazine rings is 1. The first-order chi connectivity index (χ1) is 11.4. The molecule has 2 rings (SSSR count). The molecule has 1 saturated heterocycles. The summed E-state index contributed by atoms with van der Waals surface area (Å²) in [5.41, 5.74) is 0. The van der Waals surface area contributed by atoms with Crippen molar-refractivity contribution in [2.45, 2.75) is 11.8 Å². The van der Waals surface area contributed by atoms with Gasteiger partial charge in [0.15, 0.2) is 15.8 Å². The molecule has 8 heteroatoms. The van der Waals surface area contributed by atoms with Gasteiger partial charge in [-0.2, -0.15) is 0 Å². The molecule has 1 aromatic rings. The van der Waals surface area contributed by atoms with E-state index in [0.717, 1.165) is 0 Å². The quantitative estimate of drug-likeness (QED) is 0.618. The van der Waals surface area contributed by atoms with Crippen LogP contribution in [0.25, 0.3) is 0 Å². The topological polar surface area (TPSA) is 82.1 Å². The van der Waals surface area contributed by atoms with Crippen molar-refractivity contribution in [3.63, 3.8) is 0 Å². The fraction of sp³-hybridized carbons (Fsp3) is 0.500. The molecule has 1 amide bonds. The molecule has 0 aromatic heterocycles. The lowest BCUT2D eigenvalue weighted by molar-refractivity contribution is -0.130. The molecule has 1 aliphatic rings. The van der Waals surface area contributed by atoms with Crippen LogP contribution in [-0.2, 0) is 14.6 Å². The molecule has 1 aliphatic heterocycles. The summed E-state index contributed by atoms with van der Waals surface area (Å²) in [6.45, 7) is 4.53. The number of nitrogens with zero attached hydrogens (tertiary/aromatic N) is 3. The van der Waals surface area contributed by atoms with E-state index >= 15 is 0 Å². The Bertz CT molecular complexity index is 681. The Balaban J connectivity index is 1.86. The van der Waals surface area contributed by atoms with Crippen molar-refractivity contribution in [1.82, 2.24) is 15.1 Å². The van der Waals surface area contributed by atoms with E-state index in [0.29, 0.717) is 37.0 Å². The Kier molecular flexibility index (Phi) is 6.19. The van der Waals surface area contributed by atoms with E-state index in [1.807, 2.05) is 4.90 Å². The maximum absolute atomic E-state index is 12.3. The maximum atomic E-state index is 12.3. The fourth-order valence-electron chi connectivity index (χ4n) is 2.61. The number of rotatable bonds is 4. The highest BCUT2D eigenvalue weighted by Crippen LogP contribution is 2.09. The molecular weight excluding hydrogens is 328 g/mol. The molecule has 132 valence electrons. The van der Waals surface area contributed by atoms with Crippen LogP contribution in [0.4, 0.5) is 0 Å². The van der Waals surface area contributed by atoms with Crippen molar-refractivity contribution in [3.05, 3.63) is 30.3 Å². The van der Waals surface area contributed by atoms with Gasteiger partial charge >= 0.3 is 0 Å². The van der Waals surface area contributed by atoms with Crippen LogP contribution in [0.3, 0.4) is 0 Å². The van der Waals surface area contributed by atoms with E-state index < -0.39 is 9.84 Å². The number of carbonyl (C=O) groups excluding carboxylic acids is 1. The SMILES string of the molecule is CN=C(NCCS(=O)(=O)c1ccccc1)N1CCN(C(C)=O)CC1. The standard InChI is InChI=1S/C16H24N4O3S/c1-14(21)19-9-11-20(12-10-19)16(17-2)18-8-13-24(22,23)15-6-4-3-5-7-15/h3-7H,8-13H2,1-2H3,(H,17,18). The minimum Gasteiger partial charge on any atom is -0.355 e. The summed E-state index contributed by atoms with van der Waals surface area (Å²) in [5, 5.41) is 3.10. The third kappa shape index (κ3) is 4.70. The zero-order valence-corrected chi connectivity index (χ0v) is 14.9. The second-order valence-electron chi connectivity index (χ2n) is 5.60. The molecule has 0 saturated carbocycles. The van der Waals surface area contributed by atoms with E-state index in [1.165, 1.54) is 0 Å². The van der Waals surface area contributed by atoms with Gasteiger partial charge in [0.2, 0.25) is 5.91 Å². The van der Waals surface area contributed by atoms with E-state index in [1.54, 1.807) is 49.2 Å². The third-order valence-corrected chi connectivity index (χ3v) is 5.72. The van der Waals surface area contributed by atoms with Crippen molar-refractivity contribution >= 4 is 21.7 Å². The smallest absolute Gasteiger partial charge is 0.219 e. The highest BCUT2D eigenvalue weighted by atomic mass is 32.2. The Hall–Kier alpha value is -2.09. The highest BCUT2D eigenvalue weighted by molar-refractivity contribution is 7.91. The molecule has 0 spiro atoms. The first-order valence-corrected chi connectivity index (χ1v) is 9.58. The van der Waals surface area contributed by atoms with Crippen molar-refractivity contribution in [2.75, 3.05) is 45.5 Å². The normalized spacial score (nSPS) is 16.2. The number of hydrogen-bond acceptors (Lipinski definition) is 4. The predicted octanol–water partition coefficient (Wildman–Crippen LogP) is 0.200. The van der Waals surface area contributed by atoms with Crippen LogP contribution in [-0.4, -0.2) is 75.6 Å². The lowest BCUT2D eigenvalue weighted by Gasteiger charge is -2.36. The van der Waals surface area contributed by atoms with E-state index in [-0.39, 0.29) is 18.2 Å². The summed E-state index contributed by atoms with van der Waals surface area (Å²) in [6, 6.07) is 8.43. The van der Waals surface area contributed by atoms with E-state index in [9.17, 15) is 13.2 Å². The maximum Gasteiger partial charge on any atom is 0.219 e. The Morgan fingerprint density at radius 3 is 2.25 bits per heavy atom. The number of nitrogens with one attached hydrogen (secondary N) is 1. The highest BCUT2D eigenvalue weighted by Gasteiger charge is 2.21. The molecule has 24 heavy (non-hydrogen) atoms. The molecule has 0 atom stereocenters. The molecule has 1 aromatic carbocycles. The lowest BCUT2D eigenvalue weighted by Crippen LogP contribution is -2.53. The zero-order chi connectivity index (χ0) is 17.6. The van der Waals surface area contributed by atoms with Gasteiger partial charge in [0.1, 0.15) is 0 Å². The minimum atomic E-state index is -3.30. The average molecular weight is 352 g/mol. The van der Waals surface area contributed by atoms with Crippen molar-refractivity contribution < 1.29 is 13.2 Å².